The van der Waals surface area contributed by atoms with E-state index in [2.05, 4.69) is 33.5 Å². The van der Waals surface area contributed by atoms with Gasteiger partial charge < -0.3 is 13.9 Å². The van der Waals surface area contributed by atoms with Gasteiger partial charge in [-0.2, -0.15) is 0 Å². The smallest absolute Gasteiger partial charge is 0.314 e. The Balaban J connectivity index is 3.02. The fourth-order valence-electron chi connectivity index (χ4n) is 2.63. The molecule has 0 aromatic carbocycles. The first-order valence-electron chi connectivity index (χ1n) is 5.93. The summed E-state index contributed by atoms with van der Waals surface area (Å²) >= 11 is 0. The first-order valence-corrected chi connectivity index (χ1v) is 9.33. The molecule has 0 aliphatic heterocycles. The maximum atomic E-state index is 11.8. The topological polar surface area (TPSA) is 44.8 Å². The SMILES string of the molecule is COC(=O)C1CC(C)(C)C1(OC)O[Si](C)(C)C. The molecule has 1 fully saturated rings. The molecule has 4 nitrogen and oxygen atoms in total. The third-order valence-corrected chi connectivity index (χ3v) is 4.28. The maximum absolute atomic E-state index is 11.8. The predicted octanol–water partition coefficient (Wildman–Crippen LogP) is 2.40. The Hall–Kier alpha value is -0.393. The van der Waals surface area contributed by atoms with Gasteiger partial charge in [0.25, 0.3) is 0 Å². The van der Waals surface area contributed by atoms with Crippen LogP contribution in [0.1, 0.15) is 20.3 Å². The monoisotopic (exact) mass is 260 g/mol. The Morgan fingerprint density at radius 1 is 1.24 bits per heavy atom. The molecule has 5 heteroatoms. The number of esters is 1. The lowest BCUT2D eigenvalue weighted by Gasteiger charge is -2.60. The largest absolute Gasteiger partial charge is 0.469 e. The molecule has 0 N–H and O–H groups in total. The summed E-state index contributed by atoms with van der Waals surface area (Å²) in [6.07, 6.45) is 0.734. The van der Waals surface area contributed by atoms with Crippen LogP contribution in [0.25, 0.3) is 0 Å². The van der Waals surface area contributed by atoms with Crippen molar-refractivity contribution in [1.29, 1.82) is 0 Å². The van der Waals surface area contributed by atoms with Gasteiger partial charge in [-0.1, -0.05) is 13.8 Å². The Bertz CT molecular complexity index is 308. The summed E-state index contributed by atoms with van der Waals surface area (Å²) in [5.74, 6) is -1.39. The zero-order chi connectivity index (χ0) is 13.5. The summed E-state index contributed by atoms with van der Waals surface area (Å²) in [5, 5.41) is 0. The molecular weight excluding hydrogens is 236 g/mol. The number of carbonyl (C=O) groups excluding carboxylic acids is 1. The van der Waals surface area contributed by atoms with E-state index in [4.69, 9.17) is 13.9 Å². The normalized spacial score (nSPS) is 31.8. The highest BCUT2D eigenvalue weighted by atomic mass is 28.4. The first kappa shape index (κ1) is 14.7. The van der Waals surface area contributed by atoms with Gasteiger partial charge in [0.05, 0.1) is 7.11 Å². The molecule has 0 spiro atoms. The summed E-state index contributed by atoms with van der Waals surface area (Å²) in [6.45, 7) is 10.4. The van der Waals surface area contributed by atoms with Crippen molar-refractivity contribution in [2.75, 3.05) is 14.2 Å². The Labute approximate surface area is 105 Å². The van der Waals surface area contributed by atoms with Crippen LogP contribution >= 0.6 is 0 Å². The number of carbonyl (C=O) groups is 1. The molecule has 0 heterocycles. The summed E-state index contributed by atoms with van der Waals surface area (Å²) in [5.41, 5.74) is -0.166. The molecule has 17 heavy (non-hydrogen) atoms. The minimum Gasteiger partial charge on any atom is -0.469 e. The van der Waals surface area contributed by atoms with E-state index in [1.54, 1.807) is 7.11 Å². The zero-order valence-corrected chi connectivity index (χ0v) is 12.9. The second-order valence-corrected chi connectivity index (χ2v) is 10.7. The van der Waals surface area contributed by atoms with Crippen LogP contribution in [0.4, 0.5) is 0 Å². The molecule has 1 rings (SSSR count). The van der Waals surface area contributed by atoms with Crippen LogP contribution < -0.4 is 0 Å². The van der Waals surface area contributed by atoms with Crippen molar-refractivity contribution in [3.05, 3.63) is 0 Å². The van der Waals surface area contributed by atoms with E-state index >= 15 is 0 Å². The van der Waals surface area contributed by atoms with Gasteiger partial charge in [-0.3, -0.25) is 4.79 Å². The fourth-order valence-corrected chi connectivity index (χ4v) is 4.04. The van der Waals surface area contributed by atoms with E-state index in [-0.39, 0.29) is 17.3 Å². The summed E-state index contributed by atoms with van der Waals surface area (Å²) in [6, 6.07) is 0. The lowest BCUT2D eigenvalue weighted by atomic mass is 9.58. The second kappa shape index (κ2) is 4.37. The van der Waals surface area contributed by atoms with Crippen LogP contribution in [-0.2, 0) is 18.7 Å². The van der Waals surface area contributed by atoms with Crippen molar-refractivity contribution >= 4 is 14.3 Å². The van der Waals surface area contributed by atoms with E-state index in [9.17, 15) is 4.79 Å². The maximum Gasteiger partial charge on any atom is 0.314 e. The predicted molar refractivity (Wildman–Crippen MR) is 68.1 cm³/mol. The van der Waals surface area contributed by atoms with Gasteiger partial charge in [-0.05, 0) is 26.1 Å². The van der Waals surface area contributed by atoms with E-state index in [1.165, 1.54) is 7.11 Å². The molecule has 0 saturated heterocycles. The standard InChI is InChI=1S/C12H24O4Si/c1-11(2)8-9(10(13)14-3)12(11,15-4)16-17(5,6)7/h9H,8H2,1-7H3. The number of hydrogen-bond acceptors (Lipinski definition) is 4. The quantitative estimate of drug-likeness (QED) is 0.442. The molecule has 1 saturated carbocycles. The number of hydrogen-bond donors (Lipinski definition) is 0. The number of rotatable bonds is 4. The molecular formula is C12H24O4Si. The third-order valence-electron chi connectivity index (χ3n) is 3.36. The molecule has 0 radical (unpaired) electrons. The molecule has 0 aromatic rings. The Kier molecular flexibility index (Phi) is 3.77. The summed E-state index contributed by atoms with van der Waals surface area (Å²) in [4.78, 5) is 11.8. The third kappa shape index (κ3) is 2.41. The van der Waals surface area contributed by atoms with Gasteiger partial charge >= 0.3 is 5.97 Å². The highest BCUT2D eigenvalue weighted by molar-refractivity contribution is 6.69. The summed E-state index contributed by atoms with van der Waals surface area (Å²) < 4.78 is 16.6. The van der Waals surface area contributed by atoms with Crippen LogP contribution in [0.5, 0.6) is 0 Å². The molecule has 1 aliphatic carbocycles. The minimum absolute atomic E-state index is 0.166. The number of ether oxygens (including phenoxy) is 2. The van der Waals surface area contributed by atoms with E-state index in [1.807, 2.05) is 0 Å². The van der Waals surface area contributed by atoms with Crippen LogP contribution in [0.15, 0.2) is 0 Å². The molecule has 0 amide bonds. The van der Waals surface area contributed by atoms with Gasteiger partial charge in [0.1, 0.15) is 5.92 Å². The minimum atomic E-state index is -1.81. The van der Waals surface area contributed by atoms with Crippen molar-refractivity contribution in [2.45, 2.75) is 45.7 Å². The molecule has 1 aliphatic rings. The van der Waals surface area contributed by atoms with Gasteiger partial charge in [-0.25, -0.2) is 0 Å². The lowest BCUT2D eigenvalue weighted by Crippen LogP contribution is -2.69. The summed E-state index contributed by atoms with van der Waals surface area (Å²) in [7, 11) is 1.21. The molecule has 0 bridgehead atoms. The van der Waals surface area contributed by atoms with Gasteiger partial charge in [0.2, 0.25) is 0 Å². The van der Waals surface area contributed by atoms with Crippen LogP contribution in [0.3, 0.4) is 0 Å². The average molecular weight is 260 g/mol. The fraction of sp³-hybridized carbons (Fsp3) is 0.917. The molecule has 2 atom stereocenters. The number of methoxy groups -OCH3 is 2. The second-order valence-electron chi connectivity index (χ2n) is 6.25. The van der Waals surface area contributed by atoms with Crippen LogP contribution in [-0.4, -0.2) is 34.3 Å². The highest BCUT2D eigenvalue weighted by Crippen LogP contribution is 2.57. The average Bonchev–Trinajstić information content (AvgIpc) is 2.20. The van der Waals surface area contributed by atoms with E-state index in [0.717, 1.165) is 6.42 Å². The first-order chi connectivity index (χ1) is 7.59. The van der Waals surface area contributed by atoms with Crippen molar-refractivity contribution in [2.24, 2.45) is 11.3 Å². The molecule has 100 valence electrons. The molecule has 2 unspecified atom stereocenters. The lowest BCUT2D eigenvalue weighted by molar-refractivity contribution is -0.327. The Morgan fingerprint density at radius 2 is 1.76 bits per heavy atom. The van der Waals surface area contributed by atoms with Crippen molar-refractivity contribution in [3.63, 3.8) is 0 Å². The zero-order valence-electron chi connectivity index (χ0n) is 11.9. The van der Waals surface area contributed by atoms with Gasteiger partial charge in [0.15, 0.2) is 14.1 Å². The van der Waals surface area contributed by atoms with Crippen LogP contribution in [0, 0.1) is 11.3 Å². The van der Waals surface area contributed by atoms with Gasteiger partial charge in [0, 0.05) is 12.5 Å². The van der Waals surface area contributed by atoms with Crippen molar-refractivity contribution < 1.29 is 18.7 Å². The van der Waals surface area contributed by atoms with E-state index < -0.39 is 14.1 Å². The van der Waals surface area contributed by atoms with Crippen LogP contribution in [0.2, 0.25) is 19.6 Å². The highest BCUT2D eigenvalue weighted by Gasteiger charge is 2.66. The van der Waals surface area contributed by atoms with E-state index in [0.29, 0.717) is 0 Å². The Morgan fingerprint density at radius 3 is 2.06 bits per heavy atom. The molecule has 0 aromatic heterocycles. The van der Waals surface area contributed by atoms with Gasteiger partial charge in [-0.15, -0.1) is 0 Å². The van der Waals surface area contributed by atoms with Crippen molar-refractivity contribution in [3.8, 4) is 0 Å². The van der Waals surface area contributed by atoms with Crippen molar-refractivity contribution in [1.82, 2.24) is 0 Å².